The van der Waals surface area contributed by atoms with Gasteiger partial charge in [-0.1, -0.05) is 37.3 Å². The third-order valence-corrected chi connectivity index (χ3v) is 2.78. The van der Waals surface area contributed by atoms with E-state index in [-0.39, 0.29) is 5.92 Å². The summed E-state index contributed by atoms with van der Waals surface area (Å²) in [5.74, 6) is -1.50. The lowest BCUT2D eigenvalue weighted by Crippen LogP contribution is -2.42. The van der Waals surface area contributed by atoms with E-state index in [0.29, 0.717) is 6.42 Å². The zero-order chi connectivity index (χ0) is 11.5. The largest absolute Gasteiger partial charge is 0.479 e. The first-order chi connectivity index (χ1) is 6.94. The van der Waals surface area contributed by atoms with E-state index in [1.165, 1.54) is 6.92 Å². The number of carboxylic acids is 1. The number of carboxylic acid groups (broad SMARTS) is 1. The van der Waals surface area contributed by atoms with Gasteiger partial charge in [-0.3, -0.25) is 0 Å². The Hall–Kier alpha value is -1.35. The molecule has 3 heteroatoms. The summed E-state index contributed by atoms with van der Waals surface area (Å²) in [5.41, 5.74) is -0.637. The van der Waals surface area contributed by atoms with E-state index >= 15 is 0 Å². The average Bonchev–Trinajstić information content (AvgIpc) is 2.18. The zero-order valence-corrected chi connectivity index (χ0v) is 8.97. The van der Waals surface area contributed by atoms with Crippen molar-refractivity contribution in [1.29, 1.82) is 0 Å². The second-order valence-electron chi connectivity index (χ2n) is 4.04. The summed E-state index contributed by atoms with van der Waals surface area (Å²) in [5, 5.41) is 18.6. The van der Waals surface area contributed by atoms with Gasteiger partial charge in [0.25, 0.3) is 0 Å². The SMILES string of the molecule is CC(Cc1ccccc1)C(C)(O)C(=O)O. The van der Waals surface area contributed by atoms with Crippen molar-refractivity contribution in [3.8, 4) is 0 Å². The molecule has 82 valence electrons. The van der Waals surface area contributed by atoms with Crippen molar-refractivity contribution in [3.63, 3.8) is 0 Å². The van der Waals surface area contributed by atoms with Crippen molar-refractivity contribution in [2.24, 2.45) is 5.92 Å². The summed E-state index contributed by atoms with van der Waals surface area (Å²) >= 11 is 0. The Kier molecular flexibility index (Phi) is 3.48. The molecule has 0 saturated heterocycles. The smallest absolute Gasteiger partial charge is 0.335 e. The van der Waals surface area contributed by atoms with Gasteiger partial charge >= 0.3 is 5.97 Å². The van der Waals surface area contributed by atoms with Crippen LogP contribution in [0.25, 0.3) is 0 Å². The van der Waals surface area contributed by atoms with Gasteiger partial charge in [0.2, 0.25) is 0 Å². The minimum absolute atomic E-state index is 0.322. The van der Waals surface area contributed by atoms with E-state index in [1.807, 2.05) is 30.3 Å². The average molecular weight is 208 g/mol. The lowest BCUT2D eigenvalue weighted by atomic mass is 9.86. The molecule has 2 unspecified atom stereocenters. The van der Waals surface area contributed by atoms with Crippen LogP contribution in [-0.2, 0) is 11.2 Å². The van der Waals surface area contributed by atoms with Gasteiger partial charge < -0.3 is 10.2 Å². The monoisotopic (exact) mass is 208 g/mol. The lowest BCUT2D eigenvalue weighted by Gasteiger charge is -2.25. The van der Waals surface area contributed by atoms with E-state index in [2.05, 4.69) is 0 Å². The Morgan fingerprint density at radius 2 is 1.93 bits per heavy atom. The molecule has 15 heavy (non-hydrogen) atoms. The van der Waals surface area contributed by atoms with Gasteiger partial charge in [0.15, 0.2) is 5.60 Å². The number of hydrogen-bond donors (Lipinski definition) is 2. The molecule has 1 rings (SSSR count). The van der Waals surface area contributed by atoms with Gasteiger partial charge in [0.1, 0.15) is 0 Å². The van der Waals surface area contributed by atoms with E-state index in [0.717, 1.165) is 5.56 Å². The van der Waals surface area contributed by atoms with Crippen LogP contribution >= 0.6 is 0 Å². The van der Waals surface area contributed by atoms with Crippen LogP contribution in [0.4, 0.5) is 0 Å². The second-order valence-corrected chi connectivity index (χ2v) is 4.04. The Balaban J connectivity index is 2.72. The summed E-state index contributed by atoms with van der Waals surface area (Å²) in [6.07, 6.45) is 0.556. The molecular weight excluding hydrogens is 192 g/mol. The minimum atomic E-state index is -1.67. The molecule has 2 N–H and O–H groups in total. The van der Waals surface area contributed by atoms with Crippen LogP contribution < -0.4 is 0 Å². The highest BCUT2D eigenvalue weighted by Gasteiger charge is 2.36. The van der Waals surface area contributed by atoms with Crippen molar-refractivity contribution in [2.75, 3.05) is 0 Å². The molecule has 0 fully saturated rings. The van der Waals surface area contributed by atoms with E-state index < -0.39 is 11.6 Å². The van der Waals surface area contributed by atoms with Crippen LogP contribution in [0, 0.1) is 5.92 Å². The molecule has 0 saturated carbocycles. The van der Waals surface area contributed by atoms with Gasteiger partial charge in [-0.05, 0) is 24.8 Å². The molecular formula is C12H16O3. The van der Waals surface area contributed by atoms with Gasteiger partial charge in [-0.25, -0.2) is 4.79 Å². The molecule has 0 aromatic heterocycles. The normalized spacial score (nSPS) is 16.7. The van der Waals surface area contributed by atoms with Crippen LogP contribution in [0.3, 0.4) is 0 Å². The highest BCUT2D eigenvalue weighted by atomic mass is 16.4. The van der Waals surface area contributed by atoms with Gasteiger partial charge in [0, 0.05) is 0 Å². The Bertz CT molecular complexity index is 330. The molecule has 2 atom stereocenters. The summed E-state index contributed by atoms with van der Waals surface area (Å²) in [7, 11) is 0. The topological polar surface area (TPSA) is 57.5 Å². The fourth-order valence-electron chi connectivity index (χ4n) is 1.38. The van der Waals surface area contributed by atoms with Crippen LogP contribution in [0.1, 0.15) is 19.4 Å². The minimum Gasteiger partial charge on any atom is -0.479 e. The molecule has 0 spiro atoms. The third-order valence-electron chi connectivity index (χ3n) is 2.78. The predicted octanol–water partition coefficient (Wildman–Crippen LogP) is 1.70. The van der Waals surface area contributed by atoms with Crippen molar-refractivity contribution in [1.82, 2.24) is 0 Å². The van der Waals surface area contributed by atoms with Gasteiger partial charge in [-0.15, -0.1) is 0 Å². The maximum absolute atomic E-state index is 10.8. The number of benzene rings is 1. The fraction of sp³-hybridized carbons (Fsp3) is 0.417. The molecule has 0 aliphatic carbocycles. The van der Waals surface area contributed by atoms with Crippen LogP contribution in [-0.4, -0.2) is 21.8 Å². The highest BCUT2D eigenvalue weighted by Crippen LogP contribution is 2.21. The van der Waals surface area contributed by atoms with Crippen molar-refractivity contribution in [2.45, 2.75) is 25.9 Å². The van der Waals surface area contributed by atoms with Gasteiger partial charge in [-0.2, -0.15) is 0 Å². The first kappa shape index (κ1) is 11.7. The molecule has 0 aliphatic heterocycles. The van der Waals surface area contributed by atoms with E-state index in [9.17, 15) is 9.90 Å². The second kappa shape index (κ2) is 4.45. The Morgan fingerprint density at radius 3 is 2.40 bits per heavy atom. The molecule has 0 aliphatic rings. The van der Waals surface area contributed by atoms with Crippen LogP contribution in [0.2, 0.25) is 0 Å². The number of hydrogen-bond acceptors (Lipinski definition) is 2. The summed E-state index contributed by atoms with van der Waals surface area (Å²) < 4.78 is 0. The number of aliphatic hydroxyl groups is 1. The number of rotatable bonds is 4. The number of aliphatic carboxylic acids is 1. The van der Waals surface area contributed by atoms with Crippen LogP contribution in [0.15, 0.2) is 30.3 Å². The molecule has 3 nitrogen and oxygen atoms in total. The summed E-state index contributed by atoms with van der Waals surface area (Å²) in [6, 6.07) is 9.56. The fourth-order valence-corrected chi connectivity index (χ4v) is 1.38. The molecule has 0 bridgehead atoms. The third kappa shape index (κ3) is 2.80. The first-order valence-corrected chi connectivity index (χ1v) is 4.94. The lowest BCUT2D eigenvalue weighted by molar-refractivity contribution is -0.161. The zero-order valence-electron chi connectivity index (χ0n) is 8.97. The first-order valence-electron chi connectivity index (χ1n) is 4.94. The van der Waals surface area contributed by atoms with Crippen molar-refractivity contribution < 1.29 is 15.0 Å². The highest BCUT2D eigenvalue weighted by molar-refractivity contribution is 5.76. The summed E-state index contributed by atoms with van der Waals surface area (Å²) in [6.45, 7) is 3.07. The molecule has 0 radical (unpaired) electrons. The molecule has 1 aromatic rings. The quantitative estimate of drug-likeness (QED) is 0.791. The Morgan fingerprint density at radius 1 is 1.40 bits per heavy atom. The number of carbonyl (C=O) groups is 1. The molecule has 0 amide bonds. The predicted molar refractivity (Wildman–Crippen MR) is 57.6 cm³/mol. The van der Waals surface area contributed by atoms with Crippen molar-refractivity contribution in [3.05, 3.63) is 35.9 Å². The Labute approximate surface area is 89.4 Å². The van der Waals surface area contributed by atoms with E-state index in [4.69, 9.17) is 5.11 Å². The molecule has 1 aromatic carbocycles. The maximum Gasteiger partial charge on any atom is 0.335 e. The molecule has 0 heterocycles. The maximum atomic E-state index is 10.8. The summed E-state index contributed by atoms with van der Waals surface area (Å²) in [4.78, 5) is 10.8. The standard InChI is InChI=1S/C12H16O3/c1-9(12(2,15)11(13)14)8-10-6-4-3-5-7-10/h3-7,9,15H,8H2,1-2H3,(H,13,14). The van der Waals surface area contributed by atoms with Gasteiger partial charge in [0.05, 0.1) is 0 Å². The van der Waals surface area contributed by atoms with Crippen molar-refractivity contribution >= 4 is 5.97 Å². The van der Waals surface area contributed by atoms with E-state index in [1.54, 1.807) is 6.92 Å². The van der Waals surface area contributed by atoms with Crippen LogP contribution in [0.5, 0.6) is 0 Å².